The molecule has 0 spiro atoms. The fraction of sp³-hybridized carbons (Fsp3) is 0.188. The lowest BCUT2D eigenvalue weighted by atomic mass is 10.2. The summed E-state index contributed by atoms with van der Waals surface area (Å²) < 4.78 is 0. The van der Waals surface area contributed by atoms with Gasteiger partial charge < -0.3 is 10.6 Å². The minimum atomic E-state index is -0.135. The largest absolute Gasteiger partial charge is 0.385 e. The summed E-state index contributed by atoms with van der Waals surface area (Å²) in [4.78, 5) is 11.9. The lowest BCUT2D eigenvalue weighted by Crippen LogP contribution is -2.16. The third kappa shape index (κ3) is 4.66. The number of hydrogen-bond donors (Lipinski definition) is 2. The second-order valence-corrected chi connectivity index (χ2v) is 5.50. The highest BCUT2D eigenvalue weighted by Gasteiger charge is 2.09. The quantitative estimate of drug-likeness (QED) is 0.834. The highest BCUT2D eigenvalue weighted by molar-refractivity contribution is 6.39. The maximum absolute atomic E-state index is 11.9. The van der Waals surface area contributed by atoms with E-state index in [1.165, 1.54) is 5.56 Å². The van der Waals surface area contributed by atoms with E-state index in [1.54, 1.807) is 18.2 Å². The number of halogens is 2. The third-order valence-electron chi connectivity index (χ3n) is 2.96. The lowest BCUT2D eigenvalue weighted by Gasteiger charge is -2.10. The molecule has 2 rings (SSSR count). The highest BCUT2D eigenvalue weighted by Crippen LogP contribution is 2.29. The van der Waals surface area contributed by atoms with Gasteiger partial charge in [0.15, 0.2) is 0 Å². The van der Waals surface area contributed by atoms with Crippen LogP contribution in [0.3, 0.4) is 0 Å². The Bertz CT molecular complexity index is 606. The molecule has 0 fully saturated rings. The van der Waals surface area contributed by atoms with Gasteiger partial charge in [-0.15, -0.1) is 0 Å². The van der Waals surface area contributed by atoms with Gasteiger partial charge in [0.25, 0.3) is 0 Å². The SMILES string of the molecule is Cc1ccc(NCCC(=O)Nc2c(Cl)cccc2Cl)cc1. The fourth-order valence-corrected chi connectivity index (χ4v) is 2.30. The van der Waals surface area contributed by atoms with Crippen molar-refractivity contribution in [2.24, 2.45) is 0 Å². The Labute approximate surface area is 134 Å². The van der Waals surface area contributed by atoms with E-state index < -0.39 is 0 Å². The van der Waals surface area contributed by atoms with Gasteiger partial charge in [0.2, 0.25) is 5.91 Å². The molecule has 5 heteroatoms. The number of carbonyl (C=O) groups is 1. The van der Waals surface area contributed by atoms with Gasteiger partial charge in [-0.05, 0) is 31.2 Å². The Hall–Kier alpha value is -1.71. The molecule has 0 aliphatic rings. The van der Waals surface area contributed by atoms with Crippen LogP contribution in [0.15, 0.2) is 42.5 Å². The van der Waals surface area contributed by atoms with Gasteiger partial charge in [-0.2, -0.15) is 0 Å². The molecule has 110 valence electrons. The first kappa shape index (κ1) is 15.7. The van der Waals surface area contributed by atoms with Gasteiger partial charge in [0, 0.05) is 18.7 Å². The highest BCUT2D eigenvalue weighted by atomic mass is 35.5. The van der Waals surface area contributed by atoms with Gasteiger partial charge in [0.05, 0.1) is 15.7 Å². The van der Waals surface area contributed by atoms with Crippen molar-refractivity contribution >= 4 is 40.5 Å². The van der Waals surface area contributed by atoms with E-state index in [1.807, 2.05) is 31.2 Å². The first-order valence-electron chi connectivity index (χ1n) is 6.60. The van der Waals surface area contributed by atoms with Crippen molar-refractivity contribution in [2.75, 3.05) is 17.2 Å². The number of nitrogens with one attached hydrogen (secondary N) is 2. The maximum Gasteiger partial charge on any atom is 0.226 e. The van der Waals surface area contributed by atoms with E-state index in [0.29, 0.717) is 28.7 Å². The Balaban J connectivity index is 1.84. The summed E-state index contributed by atoms with van der Waals surface area (Å²) in [5, 5.41) is 6.79. The van der Waals surface area contributed by atoms with Crippen LogP contribution in [0.5, 0.6) is 0 Å². The van der Waals surface area contributed by atoms with Crippen LogP contribution in [0.2, 0.25) is 10.0 Å². The third-order valence-corrected chi connectivity index (χ3v) is 3.59. The van der Waals surface area contributed by atoms with Gasteiger partial charge >= 0.3 is 0 Å². The lowest BCUT2D eigenvalue weighted by molar-refractivity contribution is -0.115. The van der Waals surface area contributed by atoms with Crippen molar-refractivity contribution in [3.63, 3.8) is 0 Å². The van der Waals surface area contributed by atoms with Crippen LogP contribution < -0.4 is 10.6 Å². The molecule has 0 aliphatic heterocycles. The zero-order chi connectivity index (χ0) is 15.2. The Kier molecular flexibility index (Phi) is 5.48. The van der Waals surface area contributed by atoms with Gasteiger partial charge in [-0.1, -0.05) is 47.0 Å². The van der Waals surface area contributed by atoms with E-state index in [0.717, 1.165) is 5.69 Å². The zero-order valence-corrected chi connectivity index (χ0v) is 13.1. The van der Waals surface area contributed by atoms with E-state index in [9.17, 15) is 4.79 Å². The van der Waals surface area contributed by atoms with Crippen molar-refractivity contribution < 1.29 is 4.79 Å². The fourth-order valence-electron chi connectivity index (χ4n) is 1.81. The van der Waals surface area contributed by atoms with Gasteiger partial charge in [-0.25, -0.2) is 0 Å². The molecule has 0 aromatic heterocycles. The molecular weight excluding hydrogens is 307 g/mol. The minimum Gasteiger partial charge on any atom is -0.385 e. The van der Waals surface area contributed by atoms with Crippen molar-refractivity contribution in [2.45, 2.75) is 13.3 Å². The van der Waals surface area contributed by atoms with Crippen molar-refractivity contribution in [3.8, 4) is 0 Å². The van der Waals surface area contributed by atoms with Crippen LogP contribution in [0, 0.1) is 6.92 Å². The van der Waals surface area contributed by atoms with Crippen LogP contribution in [0.1, 0.15) is 12.0 Å². The molecule has 1 amide bonds. The molecule has 21 heavy (non-hydrogen) atoms. The number of carbonyl (C=O) groups excluding carboxylic acids is 1. The van der Waals surface area contributed by atoms with Crippen molar-refractivity contribution in [1.29, 1.82) is 0 Å². The number of benzene rings is 2. The van der Waals surface area contributed by atoms with Crippen LogP contribution in [0.4, 0.5) is 11.4 Å². The maximum atomic E-state index is 11.9. The van der Waals surface area contributed by atoms with Crippen LogP contribution in [-0.4, -0.2) is 12.5 Å². The van der Waals surface area contributed by atoms with Crippen LogP contribution in [-0.2, 0) is 4.79 Å². The molecule has 0 saturated heterocycles. The number of anilines is 2. The molecule has 2 N–H and O–H groups in total. The predicted molar refractivity (Wildman–Crippen MR) is 89.4 cm³/mol. The summed E-state index contributed by atoms with van der Waals surface area (Å²) in [6.45, 7) is 2.57. The molecule has 0 radical (unpaired) electrons. The molecule has 0 bridgehead atoms. The van der Waals surface area contributed by atoms with Crippen molar-refractivity contribution in [3.05, 3.63) is 58.1 Å². The molecular formula is C16H16Cl2N2O. The zero-order valence-electron chi connectivity index (χ0n) is 11.6. The number of para-hydroxylation sites is 1. The van der Waals surface area contributed by atoms with E-state index >= 15 is 0 Å². The molecule has 2 aromatic rings. The smallest absolute Gasteiger partial charge is 0.226 e. The van der Waals surface area contributed by atoms with E-state index in [2.05, 4.69) is 10.6 Å². The first-order valence-corrected chi connectivity index (χ1v) is 7.36. The summed E-state index contributed by atoms with van der Waals surface area (Å²) in [5.41, 5.74) is 2.65. The molecule has 0 heterocycles. The number of rotatable bonds is 5. The molecule has 0 atom stereocenters. The Morgan fingerprint density at radius 3 is 2.29 bits per heavy atom. The topological polar surface area (TPSA) is 41.1 Å². The van der Waals surface area contributed by atoms with E-state index in [4.69, 9.17) is 23.2 Å². The minimum absolute atomic E-state index is 0.135. The average Bonchev–Trinajstić information content (AvgIpc) is 2.45. The normalized spacial score (nSPS) is 10.2. The molecule has 3 nitrogen and oxygen atoms in total. The second-order valence-electron chi connectivity index (χ2n) is 4.69. The number of amides is 1. The van der Waals surface area contributed by atoms with Crippen LogP contribution >= 0.6 is 23.2 Å². The molecule has 0 saturated carbocycles. The van der Waals surface area contributed by atoms with E-state index in [-0.39, 0.29) is 5.91 Å². The van der Waals surface area contributed by atoms with Crippen LogP contribution in [0.25, 0.3) is 0 Å². The Morgan fingerprint density at radius 1 is 1.05 bits per heavy atom. The summed E-state index contributed by atoms with van der Waals surface area (Å²) in [7, 11) is 0. The average molecular weight is 323 g/mol. The summed E-state index contributed by atoms with van der Waals surface area (Å²) in [6.07, 6.45) is 0.329. The van der Waals surface area contributed by atoms with Gasteiger partial charge in [0.1, 0.15) is 0 Å². The van der Waals surface area contributed by atoms with Gasteiger partial charge in [-0.3, -0.25) is 4.79 Å². The predicted octanol–water partition coefficient (Wildman–Crippen LogP) is 4.74. The summed E-state index contributed by atoms with van der Waals surface area (Å²) >= 11 is 12.0. The van der Waals surface area contributed by atoms with Crippen molar-refractivity contribution in [1.82, 2.24) is 0 Å². The number of hydrogen-bond acceptors (Lipinski definition) is 2. The number of aryl methyl sites for hydroxylation is 1. The monoisotopic (exact) mass is 322 g/mol. The molecule has 0 unspecified atom stereocenters. The summed E-state index contributed by atoms with van der Waals surface area (Å²) in [6, 6.07) is 13.1. The molecule has 2 aromatic carbocycles. The standard InChI is InChI=1S/C16H16Cl2N2O/c1-11-5-7-12(8-6-11)19-10-9-15(21)20-16-13(17)3-2-4-14(16)18/h2-8,19H,9-10H2,1H3,(H,20,21). The molecule has 0 aliphatic carbocycles. The first-order chi connectivity index (χ1) is 10.1. The summed E-state index contributed by atoms with van der Waals surface area (Å²) in [5.74, 6) is -0.135. The Morgan fingerprint density at radius 2 is 1.67 bits per heavy atom. The second kappa shape index (κ2) is 7.34.